The minimum absolute atomic E-state index is 0.330. The summed E-state index contributed by atoms with van der Waals surface area (Å²) in [4.78, 5) is 12.3. The van der Waals surface area contributed by atoms with Crippen molar-refractivity contribution in [1.29, 1.82) is 0 Å². The number of carbonyl (C=O) groups excluding carboxylic acids is 1. The van der Waals surface area contributed by atoms with Crippen molar-refractivity contribution in [3.63, 3.8) is 0 Å². The number of hydrogen-bond donors (Lipinski definition) is 1. The molecule has 0 fully saturated rings. The molecule has 128 valence electrons. The molecule has 0 aliphatic carbocycles. The molecule has 1 aromatic heterocycles. The van der Waals surface area contributed by atoms with Gasteiger partial charge in [-0.15, -0.1) is 0 Å². The number of nitrogens with zero attached hydrogens (tertiary/aromatic N) is 2. The van der Waals surface area contributed by atoms with Crippen molar-refractivity contribution in [2.45, 2.75) is 13.0 Å². The van der Waals surface area contributed by atoms with Crippen molar-refractivity contribution in [2.75, 3.05) is 5.32 Å². The minimum Gasteiger partial charge on any atom is -0.480 e. The van der Waals surface area contributed by atoms with Gasteiger partial charge in [0.05, 0.1) is 28.2 Å². The van der Waals surface area contributed by atoms with Crippen molar-refractivity contribution >= 4 is 27.5 Å². The van der Waals surface area contributed by atoms with Gasteiger partial charge in [0.1, 0.15) is 11.6 Å². The summed E-state index contributed by atoms with van der Waals surface area (Å²) in [5.41, 5.74) is 1.45. The van der Waals surface area contributed by atoms with Gasteiger partial charge in [-0.25, -0.2) is 9.07 Å². The van der Waals surface area contributed by atoms with Crippen LogP contribution in [0.2, 0.25) is 0 Å². The first kappa shape index (κ1) is 17.2. The monoisotopic (exact) mass is 403 g/mol. The fourth-order valence-corrected chi connectivity index (χ4v) is 2.61. The van der Waals surface area contributed by atoms with Crippen molar-refractivity contribution in [3.8, 4) is 11.4 Å². The van der Waals surface area contributed by atoms with Crippen LogP contribution in [0.4, 0.5) is 10.1 Å². The smallest absolute Gasteiger partial charge is 0.265 e. The third kappa shape index (κ3) is 4.24. The summed E-state index contributed by atoms with van der Waals surface area (Å²) in [5.74, 6) is -0.322. The van der Waals surface area contributed by atoms with Gasteiger partial charge in [0.25, 0.3) is 5.91 Å². The third-order valence-corrected chi connectivity index (χ3v) is 4.06. The Labute approximate surface area is 152 Å². The summed E-state index contributed by atoms with van der Waals surface area (Å²) in [6.45, 7) is 1.62. The number of amides is 1. The summed E-state index contributed by atoms with van der Waals surface area (Å²) < 4.78 is 20.8. The van der Waals surface area contributed by atoms with Crippen LogP contribution in [0, 0.1) is 5.82 Å². The van der Waals surface area contributed by atoms with Crippen LogP contribution in [-0.4, -0.2) is 21.8 Å². The van der Waals surface area contributed by atoms with Crippen LogP contribution in [0.3, 0.4) is 0 Å². The van der Waals surface area contributed by atoms with E-state index in [1.54, 1.807) is 24.0 Å². The first-order chi connectivity index (χ1) is 12.0. The second-order valence-corrected chi connectivity index (χ2v) is 6.19. The molecule has 1 unspecified atom stereocenters. The predicted octanol–water partition coefficient (Wildman–Crippen LogP) is 4.18. The number of hydrogen-bond acceptors (Lipinski definition) is 3. The Morgan fingerprint density at radius 1 is 1.28 bits per heavy atom. The molecule has 5 nitrogen and oxygen atoms in total. The first-order valence-corrected chi connectivity index (χ1v) is 8.35. The predicted molar refractivity (Wildman–Crippen MR) is 96.4 cm³/mol. The molecule has 1 heterocycles. The number of ether oxygens (including phenoxy) is 1. The van der Waals surface area contributed by atoms with Crippen LogP contribution in [-0.2, 0) is 4.79 Å². The maximum atomic E-state index is 13.1. The van der Waals surface area contributed by atoms with E-state index in [4.69, 9.17) is 4.74 Å². The highest BCUT2D eigenvalue weighted by Gasteiger charge is 2.17. The summed E-state index contributed by atoms with van der Waals surface area (Å²) in [6, 6.07) is 13.6. The van der Waals surface area contributed by atoms with Crippen molar-refractivity contribution in [3.05, 3.63) is 71.2 Å². The highest BCUT2D eigenvalue weighted by atomic mass is 79.9. The number of carbonyl (C=O) groups is 1. The molecule has 1 N–H and O–H groups in total. The molecule has 3 rings (SSSR count). The summed E-state index contributed by atoms with van der Waals surface area (Å²) >= 11 is 3.21. The number of nitrogens with one attached hydrogen (secondary N) is 1. The molecule has 1 atom stereocenters. The molecule has 3 aromatic rings. The van der Waals surface area contributed by atoms with Gasteiger partial charge in [-0.05, 0) is 53.2 Å². The zero-order chi connectivity index (χ0) is 17.8. The molecule has 0 aliphatic heterocycles. The number of aromatic nitrogens is 2. The van der Waals surface area contributed by atoms with Gasteiger partial charge < -0.3 is 10.1 Å². The standard InChI is InChI=1S/C18H15BrFN3O2/c1-12(25-17-8-7-13(20)9-16(17)19)18(24)22-14-10-21-23(11-14)15-5-3-2-4-6-15/h2-12H,1H3,(H,22,24). The average Bonchev–Trinajstić information content (AvgIpc) is 3.06. The number of benzene rings is 2. The Hall–Kier alpha value is -2.67. The number of rotatable bonds is 5. The molecular weight excluding hydrogens is 389 g/mol. The van der Waals surface area contributed by atoms with Crippen LogP contribution in [0.5, 0.6) is 5.75 Å². The van der Waals surface area contributed by atoms with Gasteiger partial charge in [0.15, 0.2) is 6.10 Å². The largest absolute Gasteiger partial charge is 0.480 e. The van der Waals surface area contributed by atoms with Gasteiger partial charge in [0.2, 0.25) is 0 Å². The number of para-hydroxylation sites is 1. The van der Waals surface area contributed by atoms with Crippen LogP contribution < -0.4 is 10.1 Å². The Kier molecular flexibility index (Phi) is 5.14. The van der Waals surface area contributed by atoms with E-state index in [2.05, 4.69) is 26.3 Å². The van der Waals surface area contributed by atoms with E-state index >= 15 is 0 Å². The molecular formula is C18H15BrFN3O2. The minimum atomic E-state index is -0.762. The lowest BCUT2D eigenvalue weighted by molar-refractivity contribution is -0.122. The maximum absolute atomic E-state index is 13.1. The molecule has 0 saturated carbocycles. The topological polar surface area (TPSA) is 56.1 Å². The third-order valence-electron chi connectivity index (χ3n) is 3.44. The highest BCUT2D eigenvalue weighted by Crippen LogP contribution is 2.26. The molecule has 1 amide bonds. The second kappa shape index (κ2) is 7.48. The van der Waals surface area contributed by atoms with Gasteiger partial charge in [-0.1, -0.05) is 18.2 Å². The van der Waals surface area contributed by atoms with E-state index in [-0.39, 0.29) is 11.7 Å². The molecule has 2 aromatic carbocycles. The molecule has 0 saturated heterocycles. The Morgan fingerprint density at radius 2 is 2.04 bits per heavy atom. The Bertz CT molecular complexity index is 883. The van der Waals surface area contributed by atoms with Gasteiger partial charge in [-0.2, -0.15) is 5.10 Å². The lowest BCUT2D eigenvalue weighted by Crippen LogP contribution is -2.30. The van der Waals surface area contributed by atoms with Gasteiger partial charge >= 0.3 is 0 Å². The van der Waals surface area contributed by atoms with Crippen LogP contribution in [0.15, 0.2) is 65.4 Å². The van der Waals surface area contributed by atoms with Gasteiger partial charge in [0, 0.05) is 0 Å². The molecule has 0 radical (unpaired) electrons. The van der Waals surface area contributed by atoms with Crippen LogP contribution in [0.1, 0.15) is 6.92 Å². The molecule has 0 spiro atoms. The van der Waals surface area contributed by atoms with Gasteiger partial charge in [-0.3, -0.25) is 4.79 Å². The van der Waals surface area contributed by atoms with E-state index in [1.807, 2.05) is 30.3 Å². The molecule has 0 aliphatic rings. The lowest BCUT2D eigenvalue weighted by atomic mass is 10.3. The van der Waals surface area contributed by atoms with E-state index in [0.717, 1.165) is 5.69 Å². The Balaban J connectivity index is 1.65. The van der Waals surface area contributed by atoms with E-state index in [9.17, 15) is 9.18 Å². The average molecular weight is 404 g/mol. The van der Waals surface area contributed by atoms with Crippen LogP contribution in [0.25, 0.3) is 5.69 Å². The normalized spacial score (nSPS) is 11.8. The van der Waals surface area contributed by atoms with Crippen molar-refractivity contribution in [2.24, 2.45) is 0 Å². The second-order valence-electron chi connectivity index (χ2n) is 5.33. The zero-order valence-electron chi connectivity index (χ0n) is 13.3. The van der Waals surface area contributed by atoms with E-state index in [1.165, 1.54) is 18.2 Å². The maximum Gasteiger partial charge on any atom is 0.265 e. The number of anilines is 1. The molecule has 0 bridgehead atoms. The number of halogens is 2. The lowest BCUT2D eigenvalue weighted by Gasteiger charge is -2.15. The highest BCUT2D eigenvalue weighted by molar-refractivity contribution is 9.10. The van der Waals surface area contributed by atoms with Crippen molar-refractivity contribution in [1.82, 2.24) is 9.78 Å². The first-order valence-electron chi connectivity index (χ1n) is 7.55. The van der Waals surface area contributed by atoms with Crippen LogP contribution >= 0.6 is 15.9 Å². The fraction of sp³-hybridized carbons (Fsp3) is 0.111. The molecule has 25 heavy (non-hydrogen) atoms. The summed E-state index contributed by atoms with van der Waals surface area (Å²) in [5, 5.41) is 6.96. The fourth-order valence-electron chi connectivity index (χ4n) is 2.17. The van der Waals surface area contributed by atoms with E-state index < -0.39 is 6.10 Å². The quantitative estimate of drug-likeness (QED) is 0.694. The van der Waals surface area contributed by atoms with E-state index in [0.29, 0.717) is 15.9 Å². The summed E-state index contributed by atoms with van der Waals surface area (Å²) in [6.07, 6.45) is 2.51. The van der Waals surface area contributed by atoms with Crippen molar-refractivity contribution < 1.29 is 13.9 Å². The summed E-state index contributed by atoms with van der Waals surface area (Å²) in [7, 11) is 0. The zero-order valence-corrected chi connectivity index (χ0v) is 14.9. The molecule has 7 heteroatoms. The Morgan fingerprint density at radius 3 is 2.76 bits per heavy atom. The SMILES string of the molecule is CC(Oc1ccc(F)cc1Br)C(=O)Nc1cnn(-c2ccccc2)c1.